The second kappa shape index (κ2) is 7.32. The molecule has 2 amide bonds. The van der Waals surface area contributed by atoms with E-state index < -0.39 is 5.97 Å². The Morgan fingerprint density at radius 2 is 1.94 bits per heavy atom. The number of hydrogen-bond donors (Lipinski definition) is 2. The van der Waals surface area contributed by atoms with Gasteiger partial charge in [0.05, 0.1) is 17.9 Å². The van der Waals surface area contributed by atoms with E-state index in [0.717, 1.165) is 6.42 Å². The molecule has 0 aliphatic rings. The van der Waals surface area contributed by atoms with Crippen molar-refractivity contribution in [1.82, 2.24) is 5.32 Å². The van der Waals surface area contributed by atoms with Crippen LogP contribution in [0.1, 0.15) is 30.6 Å². The highest BCUT2D eigenvalue weighted by molar-refractivity contribution is 6.00. The van der Waals surface area contributed by atoms with E-state index in [0.29, 0.717) is 24.4 Å². The number of amides is 2. The predicted molar refractivity (Wildman–Crippen MR) is 69.7 cm³/mol. The molecular formula is C13H18N2O3. The quantitative estimate of drug-likeness (QED) is 0.788. The third-order valence-corrected chi connectivity index (χ3v) is 2.21. The van der Waals surface area contributed by atoms with Gasteiger partial charge in [-0.15, -0.1) is 0 Å². The number of urea groups is 1. The fourth-order valence-electron chi connectivity index (χ4n) is 1.38. The summed E-state index contributed by atoms with van der Waals surface area (Å²) in [5, 5.41) is 5.31. The minimum absolute atomic E-state index is 0.301. The summed E-state index contributed by atoms with van der Waals surface area (Å²) in [6.07, 6.45) is 0.854. The molecule has 0 fully saturated rings. The Morgan fingerprint density at radius 1 is 1.22 bits per heavy atom. The summed E-state index contributed by atoms with van der Waals surface area (Å²) < 4.78 is 4.92. The van der Waals surface area contributed by atoms with Crippen molar-refractivity contribution in [3.63, 3.8) is 0 Å². The molecule has 0 aromatic heterocycles. The molecule has 1 aromatic carbocycles. The first-order valence-electron chi connectivity index (χ1n) is 6.00. The monoisotopic (exact) mass is 250 g/mol. The molecule has 0 bridgehead atoms. The van der Waals surface area contributed by atoms with Crippen LogP contribution in [0.25, 0.3) is 0 Å². The highest BCUT2D eigenvalue weighted by Crippen LogP contribution is 2.15. The van der Waals surface area contributed by atoms with Crippen molar-refractivity contribution in [2.24, 2.45) is 0 Å². The standard InChI is InChI=1S/C13H18N2O3/c1-3-9-14-13(17)15-11-8-6-5-7-10(11)12(16)18-4-2/h5-8H,3-4,9H2,1-2H3,(H2,14,15,17). The second-order valence-corrected chi connectivity index (χ2v) is 3.65. The molecule has 0 aliphatic carbocycles. The van der Waals surface area contributed by atoms with Crippen LogP contribution in [0.15, 0.2) is 24.3 Å². The second-order valence-electron chi connectivity index (χ2n) is 3.65. The zero-order valence-corrected chi connectivity index (χ0v) is 10.7. The molecule has 0 saturated carbocycles. The third kappa shape index (κ3) is 4.08. The number of benzene rings is 1. The van der Waals surface area contributed by atoms with Crippen LogP contribution in [-0.4, -0.2) is 25.2 Å². The van der Waals surface area contributed by atoms with Crippen molar-refractivity contribution >= 4 is 17.7 Å². The molecule has 5 nitrogen and oxygen atoms in total. The number of carbonyl (C=O) groups excluding carboxylic acids is 2. The van der Waals surface area contributed by atoms with E-state index in [1.165, 1.54) is 0 Å². The van der Waals surface area contributed by atoms with Gasteiger partial charge in [0.25, 0.3) is 0 Å². The van der Waals surface area contributed by atoms with Gasteiger partial charge in [-0.05, 0) is 25.5 Å². The Labute approximate surface area is 107 Å². The average molecular weight is 250 g/mol. The largest absolute Gasteiger partial charge is 0.462 e. The molecule has 0 saturated heterocycles. The van der Waals surface area contributed by atoms with Gasteiger partial charge < -0.3 is 15.4 Å². The van der Waals surface area contributed by atoms with Crippen molar-refractivity contribution in [3.8, 4) is 0 Å². The van der Waals surface area contributed by atoms with Gasteiger partial charge in [0.15, 0.2) is 0 Å². The molecule has 1 rings (SSSR count). The summed E-state index contributed by atoms with van der Waals surface area (Å²) in [7, 11) is 0. The van der Waals surface area contributed by atoms with Gasteiger partial charge in [-0.3, -0.25) is 0 Å². The van der Waals surface area contributed by atoms with Gasteiger partial charge in [-0.2, -0.15) is 0 Å². The van der Waals surface area contributed by atoms with E-state index in [2.05, 4.69) is 10.6 Å². The van der Waals surface area contributed by atoms with Gasteiger partial charge in [-0.1, -0.05) is 19.1 Å². The highest BCUT2D eigenvalue weighted by atomic mass is 16.5. The molecular weight excluding hydrogens is 232 g/mol. The van der Waals surface area contributed by atoms with Crippen LogP contribution >= 0.6 is 0 Å². The Hall–Kier alpha value is -2.04. The summed E-state index contributed by atoms with van der Waals surface area (Å²) in [4.78, 5) is 23.2. The molecule has 0 radical (unpaired) electrons. The average Bonchev–Trinajstić information content (AvgIpc) is 2.37. The number of rotatable bonds is 5. The van der Waals surface area contributed by atoms with Crippen LogP contribution in [0.2, 0.25) is 0 Å². The molecule has 0 unspecified atom stereocenters. The fraction of sp³-hybridized carbons (Fsp3) is 0.385. The Kier molecular flexibility index (Phi) is 5.70. The number of esters is 1. The fourth-order valence-corrected chi connectivity index (χ4v) is 1.38. The van der Waals surface area contributed by atoms with E-state index in [1.807, 2.05) is 6.92 Å². The number of anilines is 1. The summed E-state index contributed by atoms with van der Waals surface area (Å²) in [5.74, 6) is -0.441. The first kappa shape index (κ1) is 14.0. The first-order valence-corrected chi connectivity index (χ1v) is 6.00. The van der Waals surface area contributed by atoms with E-state index >= 15 is 0 Å². The van der Waals surface area contributed by atoms with Crippen molar-refractivity contribution in [2.75, 3.05) is 18.5 Å². The summed E-state index contributed by atoms with van der Waals surface area (Å²) in [6, 6.07) is 6.43. The number of hydrogen-bond acceptors (Lipinski definition) is 3. The van der Waals surface area contributed by atoms with Crippen LogP contribution < -0.4 is 10.6 Å². The lowest BCUT2D eigenvalue weighted by molar-refractivity contribution is 0.0527. The van der Waals surface area contributed by atoms with Crippen LogP contribution in [0.4, 0.5) is 10.5 Å². The molecule has 98 valence electrons. The minimum Gasteiger partial charge on any atom is -0.462 e. The molecule has 0 heterocycles. The van der Waals surface area contributed by atoms with Crippen molar-refractivity contribution < 1.29 is 14.3 Å². The normalized spacial score (nSPS) is 9.67. The lowest BCUT2D eigenvalue weighted by Gasteiger charge is -2.10. The van der Waals surface area contributed by atoms with Crippen molar-refractivity contribution in [1.29, 1.82) is 0 Å². The molecule has 0 spiro atoms. The third-order valence-electron chi connectivity index (χ3n) is 2.21. The molecule has 2 N–H and O–H groups in total. The van der Waals surface area contributed by atoms with Crippen LogP contribution in [-0.2, 0) is 4.74 Å². The van der Waals surface area contributed by atoms with Gasteiger partial charge >= 0.3 is 12.0 Å². The smallest absolute Gasteiger partial charge is 0.340 e. The summed E-state index contributed by atoms with van der Waals surface area (Å²) >= 11 is 0. The molecule has 0 atom stereocenters. The van der Waals surface area contributed by atoms with Gasteiger partial charge in [-0.25, -0.2) is 9.59 Å². The van der Waals surface area contributed by atoms with Crippen molar-refractivity contribution in [2.45, 2.75) is 20.3 Å². The van der Waals surface area contributed by atoms with E-state index in [1.54, 1.807) is 31.2 Å². The Morgan fingerprint density at radius 3 is 2.61 bits per heavy atom. The van der Waals surface area contributed by atoms with Gasteiger partial charge in [0, 0.05) is 6.54 Å². The molecule has 5 heteroatoms. The Bertz CT molecular complexity index is 418. The zero-order valence-electron chi connectivity index (χ0n) is 10.7. The Balaban J connectivity index is 2.76. The minimum atomic E-state index is -0.441. The lowest BCUT2D eigenvalue weighted by Crippen LogP contribution is -2.29. The highest BCUT2D eigenvalue weighted by Gasteiger charge is 2.13. The zero-order chi connectivity index (χ0) is 13.4. The van der Waals surface area contributed by atoms with Gasteiger partial charge in [0.1, 0.15) is 0 Å². The van der Waals surface area contributed by atoms with Crippen molar-refractivity contribution in [3.05, 3.63) is 29.8 Å². The van der Waals surface area contributed by atoms with E-state index in [4.69, 9.17) is 4.74 Å². The van der Waals surface area contributed by atoms with E-state index in [9.17, 15) is 9.59 Å². The molecule has 0 aliphatic heterocycles. The number of para-hydroxylation sites is 1. The molecule has 18 heavy (non-hydrogen) atoms. The number of nitrogens with one attached hydrogen (secondary N) is 2. The van der Waals surface area contributed by atoms with Gasteiger partial charge in [0.2, 0.25) is 0 Å². The SMILES string of the molecule is CCCNC(=O)Nc1ccccc1C(=O)OCC. The first-order chi connectivity index (χ1) is 8.69. The molecule has 1 aromatic rings. The maximum absolute atomic E-state index is 11.7. The predicted octanol–water partition coefficient (Wildman–Crippen LogP) is 2.39. The summed E-state index contributed by atoms with van der Waals surface area (Å²) in [5.41, 5.74) is 0.801. The maximum atomic E-state index is 11.7. The lowest BCUT2D eigenvalue weighted by atomic mass is 10.2. The van der Waals surface area contributed by atoms with E-state index in [-0.39, 0.29) is 6.03 Å². The van der Waals surface area contributed by atoms with Crippen LogP contribution in [0.3, 0.4) is 0 Å². The number of ether oxygens (including phenoxy) is 1. The maximum Gasteiger partial charge on any atom is 0.340 e. The summed E-state index contributed by atoms with van der Waals surface area (Å²) in [6.45, 7) is 4.59. The number of carbonyl (C=O) groups is 2. The van der Waals surface area contributed by atoms with Crippen LogP contribution in [0, 0.1) is 0 Å². The topological polar surface area (TPSA) is 67.4 Å². The van der Waals surface area contributed by atoms with Crippen LogP contribution in [0.5, 0.6) is 0 Å².